The van der Waals surface area contributed by atoms with Gasteiger partial charge >= 0.3 is 0 Å². The van der Waals surface area contributed by atoms with Crippen molar-refractivity contribution >= 4 is 22.9 Å². The SMILES string of the molecule is CCC(Nc1ccc(CN2CCCCC2)cc1)=C1C(=O)Nc2cc(OC)c(OC)cc21. The molecule has 0 saturated carbocycles. The number of amides is 1. The fourth-order valence-electron chi connectivity index (χ4n) is 4.37. The molecule has 2 heterocycles. The van der Waals surface area contributed by atoms with Crippen LogP contribution in [0.2, 0.25) is 0 Å². The van der Waals surface area contributed by atoms with Crippen LogP contribution in [0, 0.1) is 0 Å². The van der Waals surface area contributed by atoms with Gasteiger partial charge in [-0.2, -0.15) is 0 Å². The Morgan fingerprint density at radius 1 is 1.03 bits per heavy atom. The number of hydrogen-bond donors (Lipinski definition) is 2. The number of fused-ring (bicyclic) bond motifs is 1. The molecule has 31 heavy (non-hydrogen) atoms. The minimum Gasteiger partial charge on any atom is -0.493 e. The number of hydrogen-bond acceptors (Lipinski definition) is 5. The predicted molar refractivity (Wildman–Crippen MR) is 125 cm³/mol. The first-order valence-electron chi connectivity index (χ1n) is 11.0. The molecule has 1 fully saturated rings. The molecule has 0 aromatic heterocycles. The van der Waals surface area contributed by atoms with E-state index in [9.17, 15) is 4.79 Å². The van der Waals surface area contributed by atoms with Crippen LogP contribution in [0.5, 0.6) is 11.5 Å². The molecule has 0 bridgehead atoms. The smallest absolute Gasteiger partial charge is 0.258 e. The fourth-order valence-corrected chi connectivity index (χ4v) is 4.37. The lowest BCUT2D eigenvalue weighted by molar-refractivity contribution is -0.110. The van der Waals surface area contributed by atoms with E-state index < -0.39 is 0 Å². The number of allylic oxidation sites excluding steroid dienone is 1. The van der Waals surface area contributed by atoms with Crippen LogP contribution in [0.25, 0.3) is 5.57 Å². The topological polar surface area (TPSA) is 62.8 Å². The Morgan fingerprint density at radius 3 is 2.35 bits per heavy atom. The Labute approximate surface area is 184 Å². The molecule has 2 aromatic carbocycles. The molecular weight excluding hydrogens is 390 g/mol. The summed E-state index contributed by atoms with van der Waals surface area (Å²) in [5.41, 5.74) is 5.39. The zero-order valence-electron chi connectivity index (χ0n) is 18.6. The van der Waals surface area contributed by atoms with Crippen molar-refractivity contribution in [1.29, 1.82) is 0 Å². The number of nitrogens with zero attached hydrogens (tertiary/aromatic N) is 1. The summed E-state index contributed by atoms with van der Waals surface area (Å²) in [5.74, 6) is 1.09. The average molecular weight is 422 g/mol. The van der Waals surface area contributed by atoms with Gasteiger partial charge in [-0.15, -0.1) is 0 Å². The maximum atomic E-state index is 12.8. The van der Waals surface area contributed by atoms with Crippen LogP contribution < -0.4 is 20.1 Å². The normalized spacial score (nSPS) is 17.7. The summed E-state index contributed by atoms with van der Waals surface area (Å²) in [6.07, 6.45) is 4.65. The summed E-state index contributed by atoms with van der Waals surface area (Å²) in [4.78, 5) is 15.3. The van der Waals surface area contributed by atoms with Crippen molar-refractivity contribution in [3.05, 3.63) is 53.2 Å². The Bertz CT molecular complexity index is 976. The molecule has 0 atom stereocenters. The highest BCUT2D eigenvalue weighted by molar-refractivity contribution is 6.32. The van der Waals surface area contributed by atoms with Gasteiger partial charge in [0.25, 0.3) is 5.91 Å². The molecule has 1 amide bonds. The van der Waals surface area contributed by atoms with Crippen LogP contribution >= 0.6 is 0 Å². The van der Waals surface area contributed by atoms with Gasteiger partial charge < -0.3 is 20.1 Å². The molecule has 6 heteroatoms. The number of nitrogens with one attached hydrogen (secondary N) is 2. The highest BCUT2D eigenvalue weighted by Crippen LogP contribution is 2.42. The van der Waals surface area contributed by atoms with Gasteiger partial charge in [0.15, 0.2) is 11.5 Å². The van der Waals surface area contributed by atoms with E-state index in [0.717, 1.165) is 29.2 Å². The van der Waals surface area contributed by atoms with Crippen LogP contribution in [0.15, 0.2) is 42.1 Å². The number of rotatable bonds is 7. The van der Waals surface area contributed by atoms with Gasteiger partial charge in [-0.3, -0.25) is 9.69 Å². The largest absolute Gasteiger partial charge is 0.493 e. The number of carbonyl (C=O) groups is 1. The third-order valence-electron chi connectivity index (χ3n) is 6.03. The third-order valence-corrected chi connectivity index (χ3v) is 6.03. The number of likely N-dealkylation sites (tertiary alicyclic amines) is 1. The first-order valence-corrected chi connectivity index (χ1v) is 11.0. The van der Waals surface area contributed by atoms with Gasteiger partial charge in [0.1, 0.15) is 0 Å². The van der Waals surface area contributed by atoms with Gasteiger partial charge in [-0.25, -0.2) is 0 Å². The van der Waals surface area contributed by atoms with Crippen LogP contribution in [-0.2, 0) is 11.3 Å². The highest BCUT2D eigenvalue weighted by Gasteiger charge is 2.29. The molecule has 6 nitrogen and oxygen atoms in total. The van der Waals surface area contributed by atoms with E-state index in [1.807, 2.05) is 19.1 Å². The molecule has 4 rings (SSSR count). The van der Waals surface area contributed by atoms with Crippen molar-refractivity contribution in [2.75, 3.05) is 37.9 Å². The van der Waals surface area contributed by atoms with Crippen molar-refractivity contribution in [3.8, 4) is 11.5 Å². The lowest BCUT2D eigenvalue weighted by Gasteiger charge is -2.26. The average Bonchev–Trinajstić information content (AvgIpc) is 3.12. The van der Waals surface area contributed by atoms with Crippen LogP contribution in [0.4, 0.5) is 11.4 Å². The second-order valence-corrected chi connectivity index (χ2v) is 8.07. The Balaban J connectivity index is 1.57. The molecule has 1 saturated heterocycles. The minimum atomic E-state index is -0.114. The number of ether oxygens (including phenoxy) is 2. The maximum Gasteiger partial charge on any atom is 0.258 e. The summed E-state index contributed by atoms with van der Waals surface area (Å²) in [7, 11) is 3.19. The molecule has 0 spiro atoms. The summed E-state index contributed by atoms with van der Waals surface area (Å²) >= 11 is 0. The number of anilines is 2. The predicted octanol–water partition coefficient (Wildman–Crippen LogP) is 4.88. The van der Waals surface area contributed by atoms with E-state index in [0.29, 0.717) is 23.5 Å². The van der Waals surface area contributed by atoms with E-state index in [-0.39, 0.29) is 5.91 Å². The van der Waals surface area contributed by atoms with Gasteiger partial charge in [0, 0.05) is 29.6 Å². The Kier molecular flexibility index (Phi) is 6.47. The molecule has 0 unspecified atom stereocenters. The lowest BCUT2D eigenvalue weighted by atomic mass is 10.0. The lowest BCUT2D eigenvalue weighted by Crippen LogP contribution is -2.29. The molecule has 2 aromatic rings. The number of methoxy groups -OCH3 is 2. The first-order chi connectivity index (χ1) is 15.1. The molecule has 2 aliphatic rings. The fraction of sp³-hybridized carbons (Fsp3) is 0.400. The van der Waals surface area contributed by atoms with Crippen molar-refractivity contribution in [1.82, 2.24) is 4.90 Å². The van der Waals surface area contributed by atoms with E-state index in [1.54, 1.807) is 14.2 Å². The molecule has 2 N–H and O–H groups in total. The van der Waals surface area contributed by atoms with E-state index in [1.165, 1.54) is 37.9 Å². The van der Waals surface area contributed by atoms with E-state index >= 15 is 0 Å². The molecule has 0 aliphatic carbocycles. The summed E-state index contributed by atoms with van der Waals surface area (Å²) in [5, 5.41) is 6.42. The summed E-state index contributed by atoms with van der Waals surface area (Å²) in [6.45, 7) is 5.43. The Hall–Kier alpha value is -2.99. The van der Waals surface area contributed by atoms with Gasteiger partial charge in [0.05, 0.1) is 25.5 Å². The van der Waals surface area contributed by atoms with Crippen molar-refractivity contribution in [3.63, 3.8) is 0 Å². The van der Waals surface area contributed by atoms with Crippen LogP contribution in [0.1, 0.15) is 43.7 Å². The molecular formula is C25H31N3O3. The number of benzene rings is 2. The van der Waals surface area contributed by atoms with Gasteiger partial charge in [0.2, 0.25) is 0 Å². The molecule has 2 aliphatic heterocycles. The van der Waals surface area contributed by atoms with Crippen LogP contribution in [-0.4, -0.2) is 38.1 Å². The molecule has 0 radical (unpaired) electrons. The quantitative estimate of drug-likeness (QED) is 0.624. The second kappa shape index (κ2) is 9.43. The second-order valence-electron chi connectivity index (χ2n) is 8.07. The van der Waals surface area contributed by atoms with E-state index in [4.69, 9.17) is 9.47 Å². The van der Waals surface area contributed by atoms with Gasteiger partial charge in [-0.05, 0) is 56.1 Å². The standard InChI is InChI=1S/C25H31N3O3/c1-4-20(24-19-14-22(30-2)23(31-3)15-21(19)27-25(24)29)26-18-10-8-17(9-11-18)16-28-12-6-5-7-13-28/h8-11,14-15,26H,4-7,12-13,16H2,1-3H3,(H,27,29). The van der Waals surface area contributed by atoms with Crippen LogP contribution in [0.3, 0.4) is 0 Å². The monoisotopic (exact) mass is 421 g/mol. The number of carbonyl (C=O) groups excluding carboxylic acids is 1. The van der Waals surface area contributed by atoms with Crippen molar-refractivity contribution in [2.24, 2.45) is 0 Å². The maximum absolute atomic E-state index is 12.8. The molecule has 164 valence electrons. The van der Waals surface area contributed by atoms with E-state index in [2.05, 4.69) is 39.8 Å². The van der Waals surface area contributed by atoms with Crippen molar-refractivity contribution < 1.29 is 14.3 Å². The highest BCUT2D eigenvalue weighted by atomic mass is 16.5. The van der Waals surface area contributed by atoms with Gasteiger partial charge in [-0.1, -0.05) is 25.5 Å². The first kappa shape index (κ1) is 21.2. The zero-order chi connectivity index (χ0) is 21.8. The summed E-state index contributed by atoms with van der Waals surface area (Å²) in [6, 6.07) is 12.2. The summed E-state index contributed by atoms with van der Waals surface area (Å²) < 4.78 is 10.8. The Morgan fingerprint density at radius 2 is 1.71 bits per heavy atom. The zero-order valence-corrected chi connectivity index (χ0v) is 18.6. The number of piperidine rings is 1. The van der Waals surface area contributed by atoms with Crippen molar-refractivity contribution in [2.45, 2.75) is 39.2 Å². The minimum absolute atomic E-state index is 0.114. The third kappa shape index (κ3) is 4.54.